The predicted octanol–water partition coefficient (Wildman–Crippen LogP) is 1.84. The minimum absolute atomic E-state index is 0.293. The van der Waals surface area contributed by atoms with E-state index in [0.717, 1.165) is 0 Å². The van der Waals surface area contributed by atoms with Gasteiger partial charge >= 0.3 is 12.1 Å². The van der Waals surface area contributed by atoms with Crippen LogP contribution < -0.4 is 5.43 Å². The van der Waals surface area contributed by atoms with Crippen molar-refractivity contribution in [2.24, 2.45) is 0 Å². The Hall–Kier alpha value is -1.37. The largest absolute Gasteiger partial charge is 0.461 e. The highest BCUT2D eigenvalue weighted by Crippen LogP contribution is 2.22. The number of hydrazine groups is 1. The lowest BCUT2D eigenvalue weighted by atomic mass is 10.2. The molecule has 0 spiro atoms. The molecule has 0 aliphatic carbocycles. The summed E-state index contributed by atoms with van der Waals surface area (Å²) < 4.78 is 9.99. The van der Waals surface area contributed by atoms with E-state index in [2.05, 4.69) is 5.43 Å². The molecule has 1 rings (SSSR count). The van der Waals surface area contributed by atoms with Crippen LogP contribution in [0.4, 0.5) is 4.79 Å². The molecule has 6 nitrogen and oxygen atoms in total. The van der Waals surface area contributed by atoms with Gasteiger partial charge in [0, 0.05) is 5.41 Å². The van der Waals surface area contributed by atoms with Crippen molar-refractivity contribution < 1.29 is 19.1 Å². The minimum Gasteiger partial charge on any atom is -0.461 e. The fourth-order valence-electron chi connectivity index (χ4n) is 1.19. The Labute approximate surface area is 111 Å². The molecule has 1 aliphatic heterocycles. The molecule has 0 aromatic heterocycles. The SMILES string of the molecule is CCOC(=O)C1=CSCN1NC(=O)OC(C)(C)C. The van der Waals surface area contributed by atoms with E-state index in [1.807, 2.05) is 0 Å². The summed E-state index contributed by atoms with van der Waals surface area (Å²) in [4.78, 5) is 23.2. The van der Waals surface area contributed by atoms with Gasteiger partial charge in [-0.1, -0.05) is 0 Å². The molecule has 0 atom stereocenters. The first-order valence-corrected chi connectivity index (χ1v) is 6.64. The number of nitrogens with zero attached hydrogens (tertiary/aromatic N) is 1. The summed E-state index contributed by atoms with van der Waals surface area (Å²) in [5.74, 6) is -0.00789. The third-order valence-electron chi connectivity index (χ3n) is 1.80. The van der Waals surface area contributed by atoms with Gasteiger partial charge in [-0.05, 0) is 27.7 Å². The number of carbonyl (C=O) groups excluding carboxylic acids is 2. The van der Waals surface area contributed by atoms with Crippen LogP contribution in [0.1, 0.15) is 27.7 Å². The summed E-state index contributed by atoms with van der Waals surface area (Å²) >= 11 is 1.40. The summed E-state index contributed by atoms with van der Waals surface area (Å²) in [5, 5.41) is 3.06. The highest BCUT2D eigenvalue weighted by atomic mass is 32.2. The summed E-state index contributed by atoms with van der Waals surface area (Å²) in [6.07, 6.45) is -0.597. The van der Waals surface area contributed by atoms with Crippen molar-refractivity contribution in [1.29, 1.82) is 0 Å². The Morgan fingerprint density at radius 3 is 2.72 bits per heavy atom. The molecule has 0 unspecified atom stereocenters. The van der Waals surface area contributed by atoms with E-state index in [1.165, 1.54) is 16.8 Å². The molecule has 0 saturated carbocycles. The zero-order valence-corrected chi connectivity index (χ0v) is 11.8. The smallest absolute Gasteiger partial charge is 0.426 e. The van der Waals surface area contributed by atoms with E-state index >= 15 is 0 Å². The maximum atomic E-state index is 11.6. The van der Waals surface area contributed by atoms with Crippen LogP contribution in [0.25, 0.3) is 0 Å². The number of nitrogens with one attached hydrogen (secondary N) is 1. The molecular weight excluding hydrogens is 256 g/mol. The van der Waals surface area contributed by atoms with Crippen LogP contribution in [0.3, 0.4) is 0 Å². The Bertz CT molecular complexity index is 363. The van der Waals surface area contributed by atoms with Gasteiger partial charge < -0.3 is 9.47 Å². The lowest BCUT2D eigenvalue weighted by Gasteiger charge is -2.24. The predicted molar refractivity (Wildman–Crippen MR) is 68.4 cm³/mol. The number of hydrogen-bond donors (Lipinski definition) is 1. The average molecular weight is 274 g/mol. The number of carbonyl (C=O) groups is 2. The Morgan fingerprint density at radius 2 is 2.17 bits per heavy atom. The molecule has 1 amide bonds. The van der Waals surface area contributed by atoms with E-state index < -0.39 is 17.7 Å². The number of hydrogen-bond acceptors (Lipinski definition) is 6. The van der Waals surface area contributed by atoms with Gasteiger partial charge in [0.2, 0.25) is 0 Å². The summed E-state index contributed by atoms with van der Waals surface area (Å²) in [6, 6.07) is 0. The van der Waals surface area contributed by atoms with Crippen LogP contribution in [0, 0.1) is 0 Å². The lowest BCUT2D eigenvalue weighted by Crippen LogP contribution is -2.44. The summed E-state index contributed by atoms with van der Waals surface area (Å²) in [5.41, 5.74) is 2.24. The Morgan fingerprint density at radius 1 is 1.50 bits per heavy atom. The van der Waals surface area contributed by atoms with E-state index in [4.69, 9.17) is 9.47 Å². The Balaban J connectivity index is 2.55. The standard InChI is InChI=1S/C11H18N2O4S/c1-5-16-9(14)8-6-18-7-13(8)12-10(15)17-11(2,3)4/h6H,5,7H2,1-4H3,(H,12,15). The second-order valence-corrected chi connectivity index (χ2v) is 5.39. The molecule has 7 heteroatoms. The first-order valence-electron chi connectivity index (χ1n) is 5.59. The normalized spacial score (nSPS) is 15.1. The van der Waals surface area contributed by atoms with Gasteiger partial charge in [-0.2, -0.15) is 0 Å². The molecule has 0 fully saturated rings. The van der Waals surface area contributed by atoms with Crippen molar-refractivity contribution in [3.05, 3.63) is 11.1 Å². The first-order chi connectivity index (χ1) is 8.33. The molecule has 0 bridgehead atoms. The first kappa shape index (κ1) is 14.7. The maximum absolute atomic E-state index is 11.6. The Kier molecular flexibility index (Phi) is 4.89. The van der Waals surface area contributed by atoms with Crippen LogP contribution in [0.15, 0.2) is 11.1 Å². The fourth-order valence-corrected chi connectivity index (χ4v) is 2.00. The lowest BCUT2D eigenvalue weighted by molar-refractivity contribution is -0.140. The monoisotopic (exact) mass is 274 g/mol. The fraction of sp³-hybridized carbons (Fsp3) is 0.636. The van der Waals surface area contributed by atoms with Gasteiger partial charge in [-0.25, -0.2) is 15.0 Å². The van der Waals surface area contributed by atoms with Crippen molar-refractivity contribution in [2.75, 3.05) is 12.5 Å². The van der Waals surface area contributed by atoms with Gasteiger partial charge in [0.15, 0.2) is 0 Å². The van der Waals surface area contributed by atoms with E-state index in [1.54, 1.807) is 33.1 Å². The number of esters is 1. The van der Waals surface area contributed by atoms with Crippen molar-refractivity contribution in [3.63, 3.8) is 0 Å². The quantitative estimate of drug-likeness (QED) is 0.792. The minimum atomic E-state index is -0.597. The molecule has 0 radical (unpaired) electrons. The van der Waals surface area contributed by atoms with Gasteiger partial charge in [-0.15, -0.1) is 11.8 Å². The number of rotatable bonds is 3. The van der Waals surface area contributed by atoms with Crippen LogP contribution in [-0.4, -0.2) is 35.2 Å². The molecule has 1 N–H and O–H groups in total. The van der Waals surface area contributed by atoms with E-state index in [-0.39, 0.29) is 0 Å². The van der Waals surface area contributed by atoms with Crippen LogP contribution in [-0.2, 0) is 14.3 Å². The van der Waals surface area contributed by atoms with E-state index in [9.17, 15) is 9.59 Å². The zero-order valence-electron chi connectivity index (χ0n) is 11.0. The van der Waals surface area contributed by atoms with Crippen LogP contribution in [0.2, 0.25) is 0 Å². The third-order valence-corrected chi connectivity index (χ3v) is 2.60. The summed E-state index contributed by atoms with van der Waals surface area (Å²) in [6.45, 7) is 7.33. The number of thioether (sulfide) groups is 1. The van der Waals surface area contributed by atoms with Crippen molar-refractivity contribution in [1.82, 2.24) is 10.4 Å². The van der Waals surface area contributed by atoms with Crippen molar-refractivity contribution in [2.45, 2.75) is 33.3 Å². The molecule has 0 aromatic rings. The third kappa shape index (κ3) is 4.48. The molecule has 102 valence electrons. The highest BCUT2D eigenvalue weighted by Gasteiger charge is 2.26. The van der Waals surface area contributed by atoms with Crippen LogP contribution in [0.5, 0.6) is 0 Å². The van der Waals surface area contributed by atoms with Crippen molar-refractivity contribution >= 4 is 23.8 Å². The molecule has 0 aromatic carbocycles. The van der Waals surface area contributed by atoms with Gasteiger partial charge in [0.25, 0.3) is 0 Å². The van der Waals surface area contributed by atoms with E-state index in [0.29, 0.717) is 18.2 Å². The molecule has 1 heterocycles. The molecule has 18 heavy (non-hydrogen) atoms. The number of amides is 1. The van der Waals surface area contributed by atoms with Gasteiger partial charge in [0.1, 0.15) is 11.3 Å². The molecule has 1 aliphatic rings. The average Bonchev–Trinajstić information content (AvgIpc) is 2.62. The molecular formula is C11H18N2O4S. The second kappa shape index (κ2) is 5.99. The van der Waals surface area contributed by atoms with Crippen molar-refractivity contribution in [3.8, 4) is 0 Å². The topological polar surface area (TPSA) is 67.9 Å². The second-order valence-electron chi connectivity index (χ2n) is 4.56. The highest BCUT2D eigenvalue weighted by molar-refractivity contribution is 8.02. The number of ether oxygens (including phenoxy) is 2. The summed E-state index contributed by atoms with van der Waals surface area (Å²) in [7, 11) is 0. The van der Waals surface area contributed by atoms with Gasteiger partial charge in [-0.3, -0.25) is 5.01 Å². The molecule has 0 saturated heterocycles. The maximum Gasteiger partial charge on any atom is 0.426 e. The zero-order chi connectivity index (χ0) is 13.8. The van der Waals surface area contributed by atoms with Gasteiger partial charge in [0.05, 0.1) is 12.5 Å². The van der Waals surface area contributed by atoms with Crippen LogP contribution >= 0.6 is 11.8 Å².